The summed E-state index contributed by atoms with van der Waals surface area (Å²) in [5, 5.41) is 17.0. The maximum absolute atomic E-state index is 12.9. The van der Waals surface area contributed by atoms with Crippen molar-refractivity contribution in [3.05, 3.63) is 0 Å². The molecule has 0 bridgehead atoms. The van der Waals surface area contributed by atoms with Gasteiger partial charge in [-0.2, -0.15) is 12.6 Å². The van der Waals surface area contributed by atoms with Gasteiger partial charge in [0, 0.05) is 12.3 Å². The smallest absolute Gasteiger partial charge is 0.326 e. The van der Waals surface area contributed by atoms with E-state index in [-0.39, 0.29) is 30.0 Å². The monoisotopic (exact) mass is 503 g/mol. The number of thiol groups is 1. The van der Waals surface area contributed by atoms with Gasteiger partial charge in [0.2, 0.25) is 17.7 Å². The summed E-state index contributed by atoms with van der Waals surface area (Å²) < 4.78 is 0. The van der Waals surface area contributed by atoms with Gasteiger partial charge in [-0.15, -0.1) is 0 Å². The van der Waals surface area contributed by atoms with Crippen LogP contribution in [0.25, 0.3) is 0 Å². The number of carboxylic acids is 1. The Bertz CT molecular complexity index is 714. The normalized spacial score (nSPS) is 14.6. The van der Waals surface area contributed by atoms with Crippen molar-refractivity contribution < 1.29 is 24.3 Å². The molecule has 0 aromatic rings. The number of hydrogen-bond acceptors (Lipinski definition) is 7. The van der Waals surface area contributed by atoms with Gasteiger partial charge in [-0.1, -0.05) is 27.7 Å². The molecule has 0 aliphatic rings. The van der Waals surface area contributed by atoms with Crippen molar-refractivity contribution >= 4 is 42.3 Å². The lowest BCUT2D eigenvalue weighted by Crippen LogP contribution is -2.58. The van der Waals surface area contributed by atoms with Gasteiger partial charge in [0.15, 0.2) is 5.96 Å². The van der Waals surface area contributed by atoms with E-state index in [0.29, 0.717) is 25.8 Å². The zero-order chi connectivity index (χ0) is 26.4. The molecule has 12 nitrogen and oxygen atoms in total. The molecule has 0 rings (SSSR count). The molecule has 4 atom stereocenters. The molecule has 10 N–H and O–H groups in total. The van der Waals surface area contributed by atoms with Crippen molar-refractivity contribution in [3.63, 3.8) is 0 Å². The number of rotatable bonds is 16. The highest BCUT2D eigenvalue weighted by atomic mass is 32.1. The highest BCUT2D eigenvalue weighted by Gasteiger charge is 2.30. The molecular formula is C21H41N7O5S. The predicted molar refractivity (Wildman–Crippen MR) is 134 cm³/mol. The Hall–Kier alpha value is -2.54. The molecule has 0 aromatic heterocycles. The van der Waals surface area contributed by atoms with Gasteiger partial charge in [0.1, 0.15) is 18.1 Å². The molecule has 4 unspecified atom stereocenters. The van der Waals surface area contributed by atoms with Crippen molar-refractivity contribution in [1.29, 1.82) is 0 Å². The molecule has 0 aromatic carbocycles. The van der Waals surface area contributed by atoms with E-state index >= 15 is 0 Å². The standard InChI is InChI=1S/C21H41N7O5S/c1-11(2)8-14(26-17(29)13(22)6-5-7-25-21(23)24)18(30)28-16(10-34)19(31)27-15(20(32)33)9-12(3)4/h11-16,34H,5-10,22H2,1-4H3,(H,26,29)(H,27,31)(H,28,30)(H,32,33)(H4,23,24,25). The van der Waals surface area contributed by atoms with E-state index in [0.717, 1.165) is 0 Å². The Balaban J connectivity index is 5.16. The number of hydrogen-bond donors (Lipinski definition) is 8. The molecule has 0 heterocycles. The van der Waals surface area contributed by atoms with Gasteiger partial charge in [-0.3, -0.25) is 19.4 Å². The first-order valence-corrected chi connectivity index (χ1v) is 12.0. The predicted octanol–water partition coefficient (Wildman–Crippen LogP) is -1.07. The van der Waals surface area contributed by atoms with Crippen LogP contribution in [0.1, 0.15) is 53.4 Å². The van der Waals surface area contributed by atoms with E-state index in [9.17, 15) is 24.3 Å². The zero-order valence-corrected chi connectivity index (χ0v) is 21.3. The fourth-order valence-corrected chi connectivity index (χ4v) is 3.32. The minimum absolute atomic E-state index is 0.0414. The molecule has 0 saturated carbocycles. The van der Waals surface area contributed by atoms with Gasteiger partial charge in [0.05, 0.1) is 6.04 Å². The second-order valence-electron chi connectivity index (χ2n) is 9.02. The van der Waals surface area contributed by atoms with E-state index in [1.54, 1.807) is 0 Å². The van der Waals surface area contributed by atoms with Crippen LogP contribution in [0.5, 0.6) is 0 Å². The number of nitrogens with two attached hydrogens (primary N) is 3. The van der Waals surface area contributed by atoms with Gasteiger partial charge in [0.25, 0.3) is 0 Å². The molecule has 0 spiro atoms. The van der Waals surface area contributed by atoms with E-state index in [1.165, 1.54) is 0 Å². The van der Waals surface area contributed by atoms with E-state index in [2.05, 4.69) is 33.6 Å². The van der Waals surface area contributed by atoms with Gasteiger partial charge in [-0.25, -0.2) is 4.79 Å². The van der Waals surface area contributed by atoms with Crippen LogP contribution in [0.2, 0.25) is 0 Å². The van der Waals surface area contributed by atoms with Crippen LogP contribution < -0.4 is 33.2 Å². The summed E-state index contributed by atoms with van der Waals surface area (Å²) >= 11 is 4.12. The quantitative estimate of drug-likeness (QED) is 0.0560. The molecular weight excluding hydrogens is 462 g/mol. The molecule has 0 saturated heterocycles. The Morgan fingerprint density at radius 2 is 1.32 bits per heavy atom. The van der Waals surface area contributed by atoms with E-state index < -0.39 is 47.9 Å². The maximum atomic E-state index is 12.9. The van der Waals surface area contributed by atoms with E-state index in [1.807, 2.05) is 27.7 Å². The van der Waals surface area contributed by atoms with Crippen molar-refractivity contribution in [2.75, 3.05) is 12.3 Å². The molecule has 0 aliphatic heterocycles. The van der Waals surface area contributed by atoms with Crippen LogP contribution in [-0.4, -0.2) is 71.2 Å². The van der Waals surface area contributed by atoms with Crippen molar-refractivity contribution in [2.24, 2.45) is 34.0 Å². The molecule has 196 valence electrons. The maximum Gasteiger partial charge on any atom is 0.326 e. The first kappa shape index (κ1) is 31.5. The topological polar surface area (TPSA) is 215 Å². The van der Waals surface area contributed by atoms with Crippen LogP contribution >= 0.6 is 12.6 Å². The Morgan fingerprint density at radius 1 is 0.853 bits per heavy atom. The fraction of sp³-hybridized carbons (Fsp3) is 0.762. The number of amides is 3. The Kier molecular flexibility index (Phi) is 14.9. The van der Waals surface area contributed by atoms with Crippen molar-refractivity contribution in [1.82, 2.24) is 16.0 Å². The first-order valence-electron chi connectivity index (χ1n) is 11.3. The lowest BCUT2D eigenvalue weighted by molar-refractivity contribution is -0.142. The summed E-state index contributed by atoms with van der Waals surface area (Å²) in [6.45, 7) is 7.77. The molecule has 13 heteroatoms. The average molecular weight is 504 g/mol. The van der Waals surface area contributed by atoms with E-state index in [4.69, 9.17) is 17.2 Å². The summed E-state index contributed by atoms with van der Waals surface area (Å²) in [5.74, 6) is -2.93. The third kappa shape index (κ3) is 13.2. The SMILES string of the molecule is CC(C)CC(NC(=O)C(CS)NC(=O)C(CC(C)C)NC(=O)C(N)CCCN=C(N)N)C(=O)O. The lowest BCUT2D eigenvalue weighted by Gasteiger charge is -2.25. The second-order valence-corrected chi connectivity index (χ2v) is 9.38. The summed E-state index contributed by atoms with van der Waals surface area (Å²) in [7, 11) is 0. The first-order chi connectivity index (χ1) is 15.8. The minimum Gasteiger partial charge on any atom is -0.480 e. The number of carbonyl (C=O) groups is 4. The van der Waals surface area contributed by atoms with Crippen LogP contribution in [0.15, 0.2) is 4.99 Å². The summed E-state index contributed by atoms with van der Waals surface area (Å²) in [6, 6.07) is -3.97. The average Bonchev–Trinajstić information content (AvgIpc) is 2.72. The molecule has 3 amide bonds. The lowest BCUT2D eigenvalue weighted by atomic mass is 10.0. The second kappa shape index (κ2) is 16.1. The van der Waals surface area contributed by atoms with Crippen LogP contribution in [0, 0.1) is 11.8 Å². The third-order valence-electron chi connectivity index (χ3n) is 4.78. The number of aliphatic imine (C=N–C) groups is 1. The zero-order valence-electron chi connectivity index (χ0n) is 20.4. The van der Waals surface area contributed by atoms with Crippen LogP contribution in [0.4, 0.5) is 0 Å². The summed E-state index contributed by atoms with van der Waals surface area (Å²) in [5.41, 5.74) is 16.4. The minimum atomic E-state index is -1.16. The van der Waals surface area contributed by atoms with Crippen molar-refractivity contribution in [3.8, 4) is 0 Å². The number of carbonyl (C=O) groups excluding carboxylic acids is 3. The number of carboxylic acid groups (broad SMARTS) is 1. The Labute approximate surface area is 206 Å². The fourth-order valence-electron chi connectivity index (χ4n) is 3.06. The van der Waals surface area contributed by atoms with Crippen molar-refractivity contribution in [2.45, 2.75) is 77.5 Å². The summed E-state index contributed by atoms with van der Waals surface area (Å²) in [6.07, 6.45) is 1.34. The van der Waals surface area contributed by atoms with Gasteiger partial charge < -0.3 is 38.3 Å². The number of aliphatic carboxylic acids is 1. The number of nitrogens with one attached hydrogen (secondary N) is 3. The molecule has 0 radical (unpaired) electrons. The molecule has 34 heavy (non-hydrogen) atoms. The van der Waals surface area contributed by atoms with Crippen LogP contribution in [0.3, 0.4) is 0 Å². The number of guanidine groups is 1. The molecule has 0 aliphatic carbocycles. The van der Waals surface area contributed by atoms with Gasteiger partial charge in [-0.05, 0) is 37.5 Å². The highest BCUT2D eigenvalue weighted by molar-refractivity contribution is 7.80. The largest absolute Gasteiger partial charge is 0.480 e. The molecule has 0 fully saturated rings. The van der Waals surface area contributed by atoms with Crippen LogP contribution in [-0.2, 0) is 19.2 Å². The highest BCUT2D eigenvalue weighted by Crippen LogP contribution is 2.08. The van der Waals surface area contributed by atoms with Gasteiger partial charge >= 0.3 is 5.97 Å². The third-order valence-corrected chi connectivity index (χ3v) is 5.15. The summed E-state index contributed by atoms with van der Waals surface area (Å²) in [4.78, 5) is 53.3. The number of nitrogens with zero attached hydrogens (tertiary/aromatic N) is 1. The Morgan fingerprint density at radius 3 is 1.79 bits per heavy atom.